The summed E-state index contributed by atoms with van der Waals surface area (Å²) >= 11 is 0. The van der Waals surface area contributed by atoms with Crippen molar-refractivity contribution in [1.29, 1.82) is 0 Å². The predicted molar refractivity (Wildman–Crippen MR) is 56.9 cm³/mol. The maximum atomic E-state index is 11.7. The first-order valence-corrected chi connectivity index (χ1v) is 5.15. The number of aromatic nitrogens is 2. The van der Waals surface area contributed by atoms with E-state index in [1.165, 1.54) is 13.1 Å². The van der Waals surface area contributed by atoms with Crippen molar-refractivity contribution < 1.29 is 0 Å². The summed E-state index contributed by atoms with van der Waals surface area (Å²) in [5, 5.41) is 3.25. The van der Waals surface area contributed by atoms with Crippen LogP contribution in [0.2, 0.25) is 0 Å². The average Bonchev–Trinajstić information content (AvgIpc) is 2.72. The molecule has 15 heavy (non-hydrogen) atoms. The lowest BCUT2D eigenvalue weighted by Gasteiger charge is -2.11. The van der Waals surface area contributed by atoms with Crippen molar-refractivity contribution in [1.82, 2.24) is 14.5 Å². The van der Waals surface area contributed by atoms with E-state index in [9.17, 15) is 9.59 Å². The minimum Gasteiger partial charge on any atom is -0.316 e. The first kappa shape index (κ1) is 10.2. The fraction of sp³-hybridized carbons (Fsp3) is 0.600. The number of hydrogen-bond donors (Lipinski definition) is 1. The van der Waals surface area contributed by atoms with E-state index < -0.39 is 0 Å². The fourth-order valence-electron chi connectivity index (χ4n) is 1.90. The van der Waals surface area contributed by atoms with Crippen LogP contribution in [0.5, 0.6) is 0 Å². The van der Waals surface area contributed by atoms with E-state index in [1.807, 2.05) is 0 Å². The van der Waals surface area contributed by atoms with Crippen LogP contribution in [0.3, 0.4) is 0 Å². The highest BCUT2D eigenvalue weighted by Crippen LogP contribution is 2.08. The third kappa shape index (κ3) is 2.02. The van der Waals surface area contributed by atoms with Crippen molar-refractivity contribution >= 4 is 0 Å². The molecule has 82 valence electrons. The average molecular weight is 209 g/mol. The summed E-state index contributed by atoms with van der Waals surface area (Å²) in [6.45, 7) is 2.67. The third-order valence-corrected chi connectivity index (χ3v) is 2.88. The van der Waals surface area contributed by atoms with Gasteiger partial charge in [-0.05, 0) is 25.4 Å². The van der Waals surface area contributed by atoms with Gasteiger partial charge in [0.1, 0.15) is 0 Å². The summed E-state index contributed by atoms with van der Waals surface area (Å²) in [5.41, 5.74) is -0.477. The van der Waals surface area contributed by atoms with Gasteiger partial charge >= 0.3 is 5.69 Å². The highest BCUT2D eigenvalue weighted by Gasteiger charge is 2.15. The molecule has 0 aromatic carbocycles. The van der Waals surface area contributed by atoms with Gasteiger partial charge in [-0.3, -0.25) is 9.36 Å². The van der Waals surface area contributed by atoms with E-state index in [0.717, 1.165) is 24.1 Å². The molecule has 1 N–H and O–H groups in total. The summed E-state index contributed by atoms with van der Waals surface area (Å²) in [7, 11) is 1.51. The molecule has 1 aromatic rings. The second-order valence-corrected chi connectivity index (χ2v) is 4.01. The molecule has 1 aliphatic rings. The lowest BCUT2D eigenvalue weighted by Crippen LogP contribution is -2.38. The smallest absolute Gasteiger partial charge is 0.316 e. The molecule has 0 bridgehead atoms. The largest absolute Gasteiger partial charge is 0.330 e. The van der Waals surface area contributed by atoms with Crippen LogP contribution in [-0.2, 0) is 13.6 Å². The Morgan fingerprint density at radius 2 is 2.33 bits per heavy atom. The monoisotopic (exact) mass is 209 g/mol. The zero-order chi connectivity index (χ0) is 10.8. The Morgan fingerprint density at radius 1 is 1.53 bits per heavy atom. The van der Waals surface area contributed by atoms with E-state index in [2.05, 4.69) is 5.32 Å². The van der Waals surface area contributed by atoms with Crippen molar-refractivity contribution in [3.8, 4) is 0 Å². The number of nitrogens with one attached hydrogen (secondary N) is 1. The van der Waals surface area contributed by atoms with Crippen LogP contribution in [-0.4, -0.2) is 22.2 Å². The summed E-state index contributed by atoms with van der Waals surface area (Å²) < 4.78 is 2.75. The Morgan fingerprint density at radius 3 is 3.00 bits per heavy atom. The quantitative estimate of drug-likeness (QED) is 0.690. The second kappa shape index (κ2) is 4.02. The van der Waals surface area contributed by atoms with E-state index in [0.29, 0.717) is 12.5 Å². The highest BCUT2D eigenvalue weighted by atomic mass is 16.2. The fourth-order valence-corrected chi connectivity index (χ4v) is 1.90. The Kier molecular flexibility index (Phi) is 2.73. The molecule has 0 amide bonds. The lowest BCUT2D eigenvalue weighted by molar-refractivity contribution is 0.455. The molecule has 1 aliphatic heterocycles. The van der Waals surface area contributed by atoms with Crippen molar-refractivity contribution in [2.75, 3.05) is 13.1 Å². The Labute approximate surface area is 87.3 Å². The van der Waals surface area contributed by atoms with Crippen LogP contribution in [0.1, 0.15) is 6.42 Å². The molecule has 2 rings (SSSR count). The Balaban J connectivity index is 2.25. The molecule has 1 saturated heterocycles. The number of nitrogens with zero attached hydrogens (tertiary/aromatic N) is 2. The van der Waals surface area contributed by atoms with Gasteiger partial charge in [0.25, 0.3) is 5.56 Å². The number of rotatable bonds is 2. The molecule has 1 fully saturated rings. The van der Waals surface area contributed by atoms with Crippen molar-refractivity contribution in [2.24, 2.45) is 13.0 Å². The molecule has 1 atom stereocenters. The van der Waals surface area contributed by atoms with Gasteiger partial charge in [-0.1, -0.05) is 0 Å². The lowest BCUT2D eigenvalue weighted by atomic mass is 10.1. The first-order chi connectivity index (χ1) is 7.18. The molecule has 1 aromatic heterocycles. The van der Waals surface area contributed by atoms with Crippen molar-refractivity contribution in [3.63, 3.8) is 0 Å². The van der Waals surface area contributed by atoms with E-state index in [4.69, 9.17) is 0 Å². The van der Waals surface area contributed by atoms with Gasteiger partial charge in [0.05, 0.1) is 0 Å². The van der Waals surface area contributed by atoms with Crippen LogP contribution >= 0.6 is 0 Å². The molecular weight excluding hydrogens is 194 g/mol. The normalized spacial score (nSPS) is 20.7. The molecule has 0 spiro atoms. The van der Waals surface area contributed by atoms with E-state index >= 15 is 0 Å². The molecular formula is C10H15N3O2. The van der Waals surface area contributed by atoms with Gasteiger partial charge in [-0.15, -0.1) is 0 Å². The Bertz CT molecular complexity index is 454. The molecule has 5 heteroatoms. The van der Waals surface area contributed by atoms with Gasteiger partial charge in [0.15, 0.2) is 0 Å². The van der Waals surface area contributed by atoms with Gasteiger partial charge in [-0.25, -0.2) is 4.79 Å². The summed E-state index contributed by atoms with van der Waals surface area (Å²) in [5.74, 6) is 0.500. The van der Waals surface area contributed by atoms with Crippen LogP contribution in [0.15, 0.2) is 21.9 Å². The zero-order valence-corrected chi connectivity index (χ0v) is 8.77. The third-order valence-electron chi connectivity index (χ3n) is 2.88. The Hall–Kier alpha value is -1.36. The summed E-state index contributed by atoms with van der Waals surface area (Å²) in [6, 6.07) is 1.43. The highest BCUT2D eigenvalue weighted by molar-refractivity contribution is 4.86. The maximum Gasteiger partial charge on any atom is 0.330 e. The van der Waals surface area contributed by atoms with Crippen molar-refractivity contribution in [2.45, 2.75) is 13.0 Å². The molecule has 2 heterocycles. The maximum absolute atomic E-state index is 11.7. The van der Waals surface area contributed by atoms with Gasteiger partial charge in [0.2, 0.25) is 0 Å². The molecule has 0 radical (unpaired) electrons. The SMILES string of the molecule is Cn1c(=O)ccn(C[C@H]2CCNC2)c1=O. The van der Waals surface area contributed by atoms with Crippen LogP contribution in [0.25, 0.3) is 0 Å². The summed E-state index contributed by atoms with van der Waals surface area (Å²) in [4.78, 5) is 22.8. The van der Waals surface area contributed by atoms with Crippen molar-refractivity contribution in [3.05, 3.63) is 33.1 Å². The van der Waals surface area contributed by atoms with Crippen LogP contribution in [0, 0.1) is 5.92 Å². The zero-order valence-electron chi connectivity index (χ0n) is 8.77. The first-order valence-electron chi connectivity index (χ1n) is 5.15. The second-order valence-electron chi connectivity index (χ2n) is 4.01. The van der Waals surface area contributed by atoms with Crippen LogP contribution in [0.4, 0.5) is 0 Å². The van der Waals surface area contributed by atoms with Gasteiger partial charge in [-0.2, -0.15) is 0 Å². The van der Waals surface area contributed by atoms with Gasteiger partial charge < -0.3 is 9.88 Å². The molecule has 5 nitrogen and oxygen atoms in total. The summed E-state index contributed by atoms with van der Waals surface area (Å²) in [6.07, 6.45) is 2.68. The van der Waals surface area contributed by atoms with E-state index in [-0.39, 0.29) is 11.2 Å². The molecule has 0 aliphatic carbocycles. The van der Waals surface area contributed by atoms with Gasteiger partial charge in [0, 0.05) is 25.9 Å². The molecule has 0 unspecified atom stereocenters. The van der Waals surface area contributed by atoms with E-state index in [1.54, 1.807) is 10.8 Å². The minimum absolute atomic E-state index is 0.227. The topological polar surface area (TPSA) is 56.0 Å². The standard InChI is InChI=1S/C10H15N3O2/c1-12-9(14)3-5-13(10(12)15)7-8-2-4-11-6-8/h3,5,8,11H,2,4,6-7H2,1H3/t8-/m0/s1. The van der Waals surface area contributed by atoms with Crippen LogP contribution < -0.4 is 16.6 Å². The molecule has 0 saturated carbocycles. The minimum atomic E-state index is -0.249. The predicted octanol–water partition coefficient (Wildman–Crippen LogP) is -0.843. The number of hydrogen-bond acceptors (Lipinski definition) is 3.